The second-order valence-corrected chi connectivity index (χ2v) is 6.95. The Hall–Kier alpha value is -3.21. The smallest absolute Gasteiger partial charge is 0.416 e. The molecule has 11 heteroatoms. The summed E-state index contributed by atoms with van der Waals surface area (Å²) in [7, 11) is 1.55. The molecule has 31 heavy (non-hydrogen) atoms. The van der Waals surface area contributed by atoms with E-state index in [0.717, 1.165) is 17.7 Å². The van der Waals surface area contributed by atoms with Crippen molar-refractivity contribution in [3.63, 3.8) is 0 Å². The van der Waals surface area contributed by atoms with Crippen LogP contribution in [0.2, 0.25) is 0 Å². The molecule has 1 aromatic heterocycles. The van der Waals surface area contributed by atoms with Gasteiger partial charge in [-0.3, -0.25) is 14.5 Å². The molecule has 3 aromatic rings. The summed E-state index contributed by atoms with van der Waals surface area (Å²) < 4.78 is 59.5. The van der Waals surface area contributed by atoms with Gasteiger partial charge in [0.1, 0.15) is 11.6 Å². The molecular weight excluding hydrogens is 436 g/mol. The topological polar surface area (TPSA) is 71.9 Å². The maximum absolute atomic E-state index is 13.2. The van der Waals surface area contributed by atoms with Crippen LogP contribution in [0.1, 0.15) is 17.5 Å². The average Bonchev–Trinajstić information content (AvgIpc) is 3.11. The van der Waals surface area contributed by atoms with Crippen LogP contribution >= 0.6 is 12.2 Å². The Balaban J connectivity index is 1.66. The van der Waals surface area contributed by atoms with Crippen LogP contribution < -0.4 is 10.1 Å². The van der Waals surface area contributed by atoms with E-state index in [9.17, 15) is 22.4 Å². The van der Waals surface area contributed by atoms with E-state index < -0.39 is 23.5 Å². The molecule has 164 valence electrons. The zero-order valence-electron chi connectivity index (χ0n) is 16.3. The number of H-pyrrole nitrogens is 1. The van der Waals surface area contributed by atoms with Gasteiger partial charge in [0, 0.05) is 25.1 Å². The van der Waals surface area contributed by atoms with Crippen molar-refractivity contribution >= 4 is 18.1 Å². The Morgan fingerprint density at radius 2 is 1.94 bits per heavy atom. The highest BCUT2D eigenvalue weighted by Crippen LogP contribution is 2.32. The van der Waals surface area contributed by atoms with E-state index in [4.69, 9.17) is 17.0 Å². The van der Waals surface area contributed by atoms with Crippen LogP contribution in [0.3, 0.4) is 0 Å². The van der Waals surface area contributed by atoms with E-state index in [1.165, 1.54) is 0 Å². The largest absolute Gasteiger partial charge is 0.497 e. The molecule has 0 radical (unpaired) electrons. The lowest BCUT2D eigenvalue weighted by Crippen LogP contribution is -2.25. The van der Waals surface area contributed by atoms with E-state index in [-0.39, 0.29) is 25.1 Å². The number of methoxy groups -OCH3 is 1. The first kappa shape index (κ1) is 22.5. The van der Waals surface area contributed by atoms with Crippen LogP contribution in [0.5, 0.6) is 5.75 Å². The number of aromatic amines is 1. The number of alkyl halides is 3. The molecule has 0 aliphatic carbocycles. The Morgan fingerprint density at radius 1 is 1.23 bits per heavy atom. The molecule has 0 atom stereocenters. The van der Waals surface area contributed by atoms with Crippen molar-refractivity contribution in [2.45, 2.75) is 25.7 Å². The van der Waals surface area contributed by atoms with Gasteiger partial charge in [0.15, 0.2) is 10.6 Å². The minimum Gasteiger partial charge on any atom is -0.497 e. The van der Waals surface area contributed by atoms with E-state index >= 15 is 0 Å². The number of nitrogens with zero attached hydrogens (tertiary/aromatic N) is 2. The number of hydrogen-bond donors (Lipinski definition) is 2. The van der Waals surface area contributed by atoms with Crippen LogP contribution in [0.25, 0.3) is 11.4 Å². The molecule has 0 aliphatic rings. The van der Waals surface area contributed by atoms with E-state index in [2.05, 4.69) is 15.5 Å². The van der Waals surface area contributed by atoms with Crippen molar-refractivity contribution in [2.24, 2.45) is 0 Å². The summed E-state index contributed by atoms with van der Waals surface area (Å²) in [4.78, 5) is 12.2. The molecule has 1 heterocycles. The van der Waals surface area contributed by atoms with Crippen molar-refractivity contribution in [3.05, 3.63) is 64.2 Å². The number of rotatable bonds is 7. The third kappa shape index (κ3) is 5.48. The molecule has 0 aliphatic heterocycles. The lowest BCUT2D eigenvalue weighted by atomic mass is 10.1. The number of ether oxygens (including phenoxy) is 1. The van der Waals surface area contributed by atoms with Gasteiger partial charge in [-0.1, -0.05) is 6.07 Å². The summed E-state index contributed by atoms with van der Waals surface area (Å²) in [5, 5.41) is 9.27. The number of benzene rings is 2. The quantitative estimate of drug-likeness (QED) is 0.408. The van der Waals surface area contributed by atoms with Gasteiger partial charge in [-0.2, -0.15) is 18.3 Å². The highest BCUT2D eigenvalue weighted by Gasteiger charge is 2.33. The zero-order chi connectivity index (χ0) is 22.6. The summed E-state index contributed by atoms with van der Waals surface area (Å²) in [6, 6.07) is 9.42. The van der Waals surface area contributed by atoms with Crippen LogP contribution in [-0.4, -0.2) is 27.8 Å². The molecule has 6 nitrogen and oxygen atoms in total. The van der Waals surface area contributed by atoms with Gasteiger partial charge in [-0.15, -0.1) is 0 Å². The average molecular weight is 454 g/mol. The summed E-state index contributed by atoms with van der Waals surface area (Å²) in [5.74, 6) is -0.301. The van der Waals surface area contributed by atoms with Crippen molar-refractivity contribution in [1.82, 2.24) is 20.1 Å². The fraction of sp³-hybridized carbons (Fsp3) is 0.250. The zero-order valence-corrected chi connectivity index (χ0v) is 17.1. The van der Waals surface area contributed by atoms with Gasteiger partial charge >= 0.3 is 6.18 Å². The summed E-state index contributed by atoms with van der Waals surface area (Å²) in [6.45, 7) is -0.214. The molecule has 2 N–H and O–H groups in total. The summed E-state index contributed by atoms with van der Waals surface area (Å²) in [5.41, 5.74) is -0.595. The normalized spacial score (nSPS) is 11.4. The highest BCUT2D eigenvalue weighted by atomic mass is 32.1. The first-order valence-electron chi connectivity index (χ1n) is 9.11. The van der Waals surface area contributed by atoms with Gasteiger partial charge in [0.25, 0.3) is 0 Å². The number of aromatic nitrogens is 3. The SMILES string of the molecule is COc1ccc(-c2n[nH]c(=S)n2CCC(=O)NCc2ccc(F)cc2C(F)(F)F)cc1. The third-order valence-corrected chi connectivity index (χ3v) is 4.83. The number of nitrogens with one attached hydrogen (secondary N) is 2. The molecule has 3 rings (SSSR count). The number of carbonyl (C=O) groups excluding carboxylic acids is 1. The Kier molecular flexibility index (Phi) is 6.74. The first-order chi connectivity index (χ1) is 14.7. The van der Waals surface area contributed by atoms with Crippen LogP contribution in [-0.2, 0) is 24.1 Å². The third-order valence-electron chi connectivity index (χ3n) is 4.52. The number of carbonyl (C=O) groups is 1. The highest BCUT2D eigenvalue weighted by molar-refractivity contribution is 7.71. The van der Waals surface area contributed by atoms with E-state index in [1.54, 1.807) is 35.9 Å². The molecule has 0 saturated carbocycles. The minimum atomic E-state index is -4.72. The predicted octanol–water partition coefficient (Wildman–Crippen LogP) is 4.48. The Morgan fingerprint density at radius 3 is 2.58 bits per heavy atom. The minimum absolute atomic E-state index is 0.0421. The monoisotopic (exact) mass is 454 g/mol. The fourth-order valence-electron chi connectivity index (χ4n) is 2.95. The molecule has 0 fully saturated rings. The Bertz CT molecular complexity index is 1120. The molecule has 0 bridgehead atoms. The van der Waals surface area contributed by atoms with E-state index in [0.29, 0.717) is 22.4 Å². The first-order valence-corrected chi connectivity index (χ1v) is 9.52. The lowest BCUT2D eigenvalue weighted by Gasteiger charge is -2.14. The maximum atomic E-state index is 13.2. The summed E-state index contributed by atoms with van der Waals surface area (Å²) in [6.07, 6.45) is -4.77. The molecule has 0 spiro atoms. The van der Waals surface area contributed by atoms with Gasteiger partial charge in [-0.05, 0) is 54.2 Å². The van der Waals surface area contributed by atoms with Crippen LogP contribution in [0, 0.1) is 10.6 Å². The number of hydrogen-bond acceptors (Lipinski definition) is 4. The molecular formula is C20H18F4N4O2S. The van der Waals surface area contributed by atoms with Crippen molar-refractivity contribution in [2.75, 3.05) is 7.11 Å². The van der Waals surface area contributed by atoms with Crippen molar-refractivity contribution < 1.29 is 27.1 Å². The molecule has 0 saturated heterocycles. The predicted molar refractivity (Wildman–Crippen MR) is 107 cm³/mol. The Labute approximate surface area is 179 Å². The van der Waals surface area contributed by atoms with Crippen molar-refractivity contribution in [3.8, 4) is 17.1 Å². The second kappa shape index (κ2) is 9.29. The van der Waals surface area contributed by atoms with Crippen LogP contribution in [0.4, 0.5) is 17.6 Å². The van der Waals surface area contributed by atoms with Crippen LogP contribution in [0.15, 0.2) is 42.5 Å². The van der Waals surface area contributed by atoms with Crippen molar-refractivity contribution in [1.29, 1.82) is 0 Å². The number of halogens is 4. The van der Waals surface area contributed by atoms with Gasteiger partial charge in [0.2, 0.25) is 5.91 Å². The lowest BCUT2D eigenvalue weighted by molar-refractivity contribution is -0.138. The van der Waals surface area contributed by atoms with E-state index in [1.807, 2.05) is 0 Å². The summed E-state index contributed by atoms with van der Waals surface area (Å²) >= 11 is 5.21. The molecule has 1 amide bonds. The van der Waals surface area contributed by atoms with Gasteiger partial charge in [-0.25, -0.2) is 4.39 Å². The van der Waals surface area contributed by atoms with Gasteiger partial charge in [0.05, 0.1) is 12.7 Å². The molecule has 2 aromatic carbocycles. The maximum Gasteiger partial charge on any atom is 0.416 e. The van der Waals surface area contributed by atoms with Gasteiger partial charge < -0.3 is 10.1 Å². The fourth-order valence-corrected chi connectivity index (χ4v) is 3.17. The number of amides is 1. The molecule has 0 unspecified atom stereocenters. The second-order valence-electron chi connectivity index (χ2n) is 6.56. The standard InChI is InChI=1S/C20H18F4N4O2S/c1-30-15-6-3-12(4-7-15)18-26-27-19(31)28(18)9-8-17(29)25-11-13-2-5-14(21)10-16(13)20(22,23)24/h2-7,10H,8-9,11H2,1H3,(H,25,29)(H,27,31).